The van der Waals surface area contributed by atoms with Gasteiger partial charge < -0.3 is 5.73 Å². The second-order valence-electron chi connectivity index (χ2n) is 3.72. The molecule has 7 heteroatoms. The minimum atomic E-state index is -3.89. The summed E-state index contributed by atoms with van der Waals surface area (Å²) in [5.74, 6) is 0. The summed E-state index contributed by atoms with van der Waals surface area (Å²) in [6.07, 6.45) is 0. The molecular formula is C12H11ClN2O3S. The minimum Gasteiger partial charge on any atom is -0.399 e. The molecule has 0 aliphatic carbocycles. The van der Waals surface area contributed by atoms with E-state index in [0.717, 1.165) is 0 Å². The number of nitrogens with one attached hydrogen (secondary N) is 1. The first kappa shape index (κ1) is 13.7. The highest BCUT2D eigenvalue weighted by atomic mass is 35.5. The lowest BCUT2D eigenvalue weighted by molar-refractivity contribution is 0.391. The van der Waals surface area contributed by atoms with E-state index < -0.39 is 10.1 Å². The molecule has 0 atom stereocenters. The minimum absolute atomic E-state index is 0.0168. The summed E-state index contributed by atoms with van der Waals surface area (Å²) in [4.78, 5) is 0.0168. The normalized spacial score (nSPS) is 11.2. The Morgan fingerprint density at radius 3 is 2.16 bits per heavy atom. The van der Waals surface area contributed by atoms with Crippen molar-refractivity contribution in [3.63, 3.8) is 0 Å². The largest absolute Gasteiger partial charge is 0.399 e. The third kappa shape index (κ3) is 3.60. The van der Waals surface area contributed by atoms with E-state index in [1.54, 1.807) is 24.3 Å². The average molecular weight is 299 g/mol. The van der Waals surface area contributed by atoms with E-state index in [9.17, 15) is 8.42 Å². The monoisotopic (exact) mass is 298 g/mol. The van der Waals surface area contributed by atoms with Gasteiger partial charge >= 0.3 is 10.1 Å². The van der Waals surface area contributed by atoms with Crippen LogP contribution in [-0.4, -0.2) is 8.42 Å². The lowest BCUT2D eigenvalue weighted by atomic mass is 10.3. The lowest BCUT2D eigenvalue weighted by Crippen LogP contribution is -2.11. The van der Waals surface area contributed by atoms with Gasteiger partial charge in [0.15, 0.2) is 0 Å². The molecule has 2 rings (SSSR count). The number of halogens is 1. The molecule has 3 N–H and O–H groups in total. The molecule has 0 saturated heterocycles. The summed E-state index contributed by atoms with van der Waals surface area (Å²) >= 11 is 5.71. The second kappa shape index (κ2) is 5.48. The van der Waals surface area contributed by atoms with Gasteiger partial charge in [0.1, 0.15) is 0 Å². The van der Waals surface area contributed by atoms with Gasteiger partial charge in [-0.1, -0.05) is 11.6 Å². The van der Waals surface area contributed by atoms with E-state index in [1.807, 2.05) is 0 Å². The van der Waals surface area contributed by atoms with Crippen LogP contribution in [0.5, 0.6) is 0 Å². The van der Waals surface area contributed by atoms with Crippen molar-refractivity contribution in [1.82, 2.24) is 0 Å². The maximum atomic E-state index is 11.8. The first-order chi connectivity index (χ1) is 8.97. The molecule has 19 heavy (non-hydrogen) atoms. The molecule has 2 aromatic carbocycles. The zero-order chi connectivity index (χ0) is 13.9. The molecule has 0 aliphatic heterocycles. The molecule has 100 valence electrons. The Bertz CT molecular complexity index is 654. The maximum Gasteiger partial charge on any atom is 0.317 e. The topological polar surface area (TPSA) is 81.4 Å². The average Bonchev–Trinajstić information content (AvgIpc) is 2.39. The highest BCUT2D eigenvalue weighted by Crippen LogP contribution is 2.17. The Kier molecular flexibility index (Phi) is 3.94. The molecule has 0 unspecified atom stereocenters. The van der Waals surface area contributed by atoms with Crippen LogP contribution < -0.4 is 11.2 Å². The van der Waals surface area contributed by atoms with Gasteiger partial charge in [-0.15, -0.1) is 4.28 Å². The van der Waals surface area contributed by atoms with Crippen molar-refractivity contribution in [1.29, 1.82) is 0 Å². The summed E-state index contributed by atoms with van der Waals surface area (Å²) in [7, 11) is -3.89. The van der Waals surface area contributed by atoms with Crippen LogP contribution in [-0.2, 0) is 14.4 Å². The van der Waals surface area contributed by atoms with Crippen LogP contribution in [0, 0.1) is 0 Å². The van der Waals surface area contributed by atoms with Crippen molar-refractivity contribution in [3.8, 4) is 0 Å². The van der Waals surface area contributed by atoms with Crippen molar-refractivity contribution >= 4 is 33.1 Å². The highest BCUT2D eigenvalue weighted by molar-refractivity contribution is 7.86. The van der Waals surface area contributed by atoms with Crippen LogP contribution in [0.25, 0.3) is 0 Å². The van der Waals surface area contributed by atoms with Crippen molar-refractivity contribution in [2.45, 2.75) is 4.90 Å². The van der Waals surface area contributed by atoms with Crippen molar-refractivity contribution in [2.75, 3.05) is 11.2 Å². The van der Waals surface area contributed by atoms with E-state index >= 15 is 0 Å². The zero-order valence-corrected chi connectivity index (χ0v) is 11.3. The molecule has 0 aromatic heterocycles. The van der Waals surface area contributed by atoms with Crippen molar-refractivity contribution in [3.05, 3.63) is 53.6 Å². The Morgan fingerprint density at radius 1 is 1.00 bits per heavy atom. The highest BCUT2D eigenvalue weighted by Gasteiger charge is 2.15. The predicted octanol–water partition coefficient (Wildman–Crippen LogP) is 2.65. The van der Waals surface area contributed by atoms with Gasteiger partial charge in [0, 0.05) is 10.7 Å². The van der Waals surface area contributed by atoms with Gasteiger partial charge in [-0.25, -0.2) is 5.48 Å². The number of nitrogens with two attached hydrogens (primary N) is 1. The Labute approximate surface area is 116 Å². The van der Waals surface area contributed by atoms with Gasteiger partial charge in [-0.05, 0) is 48.5 Å². The molecule has 0 bridgehead atoms. The molecule has 0 saturated carbocycles. The van der Waals surface area contributed by atoms with E-state index in [-0.39, 0.29) is 4.90 Å². The van der Waals surface area contributed by atoms with Gasteiger partial charge in [-0.3, -0.25) is 0 Å². The van der Waals surface area contributed by atoms with Crippen LogP contribution >= 0.6 is 11.6 Å². The lowest BCUT2D eigenvalue weighted by Gasteiger charge is -2.07. The van der Waals surface area contributed by atoms with Crippen LogP contribution in [0.4, 0.5) is 11.4 Å². The van der Waals surface area contributed by atoms with Gasteiger partial charge in [-0.2, -0.15) is 8.42 Å². The van der Waals surface area contributed by atoms with Gasteiger partial charge in [0.2, 0.25) is 0 Å². The quantitative estimate of drug-likeness (QED) is 0.670. The number of benzene rings is 2. The Morgan fingerprint density at radius 2 is 1.58 bits per heavy atom. The van der Waals surface area contributed by atoms with Crippen LogP contribution in [0.15, 0.2) is 53.4 Å². The first-order valence-corrected chi connectivity index (χ1v) is 7.06. The van der Waals surface area contributed by atoms with E-state index in [1.165, 1.54) is 24.3 Å². The van der Waals surface area contributed by atoms with Gasteiger partial charge in [0.25, 0.3) is 0 Å². The molecule has 0 spiro atoms. The molecule has 0 fully saturated rings. The fourth-order valence-corrected chi connectivity index (χ4v) is 2.20. The fraction of sp³-hybridized carbons (Fsp3) is 0. The smallest absolute Gasteiger partial charge is 0.317 e. The molecular weight excluding hydrogens is 288 g/mol. The molecule has 0 heterocycles. The fourth-order valence-electron chi connectivity index (χ4n) is 1.30. The van der Waals surface area contributed by atoms with E-state index in [2.05, 4.69) is 5.48 Å². The van der Waals surface area contributed by atoms with Crippen molar-refractivity contribution in [2.24, 2.45) is 0 Å². The predicted molar refractivity (Wildman–Crippen MR) is 74.2 cm³/mol. The number of hydrogen-bond donors (Lipinski definition) is 2. The molecule has 0 amide bonds. The summed E-state index contributed by atoms with van der Waals surface area (Å²) in [5.41, 5.74) is 8.78. The zero-order valence-electron chi connectivity index (χ0n) is 9.71. The number of hydrogen-bond acceptors (Lipinski definition) is 5. The molecule has 2 aromatic rings. The number of nitrogen functional groups attached to an aromatic ring is 1. The first-order valence-electron chi connectivity index (χ1n) is 5.28. The summed E-state index contributed by atoms with van der Waals surface area (Å²) in [6, 6.07) is 12.1. The SMILES string of the molecule is Nc1ccc(S(=O)(=O)ONc2ccc(Cl)cc2)cc1. The summed E-state index contributed by atoms with van der Waals surface area (Å²) in [6.45, 7) is 0. The summed E-state index contributed by atoms with van der Waals surface area (Å²) < 4.78 is 28.4. The van der Waals surface area contributed by atoms with E-state index in [0.29, 0.717) is 16.4 Å². The number of anilines is 2. The number of rotatable bonds is 4. The van der Waals surface area contributed by atoms with Crippen molar-refractivity contribution < 1.29 is 12.7 Å². The third-order valence-electron chi connectivity index (χ3n) is 2.28. The van der Waals surface area contributed by atoms with Crippen LogP contribution in [0.2, 0.25) is 5.02 Å². The molecule has 0 radical (unpaired) electrons. The molecule has 0 aliphatic rings. The second-order valence-corrected chi connectivity index (χ2v) is 5.70. The summed E-state index contributed by atoms with van der Waals surface area (Å²) in [5, 5.41) is 0.548. The third-order valence-corrected chi connectivity index (χ3v) is 3.69. The van der Waals surface area contributed by atoms with Crippen LogP contribution in [0.1, 0.15) is 0 Å². The standard InChI is InChI=1S/C12H11ClN2O3S/c13-9-1-5-11(6-2-9)15-18-19(16,17)12-7-3-10(14)4-8-12/h1-8,15H,14H2. The molecule has 5 nitrogen and oxygen atoms in total. The van der Waals surface area contributed by atoms with Crippen LogP contribution in [0.3, 0.4) is 0 Å². The Hall–Kier alpha value is -1.76. The van der Waals surface area contributed by atoms with E-state index in [4.69, 9.17) is 21.6 Å². The Balaban J connectivity index is 2.09. The van der Waals surface area contributed by atoms with Gasteiger partial charge in [0.05, 0.1) is 10.6 Å². The maximum absolute atomic E-state index is 11.8.